The van der Waals surface area contributed by atoms with E-state index in [0.29, 0.717) is 6.10 Å². The van der Waals surface area contributed by atoms with Gasteiger partial charge in [0.2, 0.25) is 8.32 Å². The molecule has 0 aliphatic heterocycles. The Bertz CT molecular complexity index is 243. The Morgan fingerprint density at radius 1 is 1.00 bits per heavy atom. The maximum atomic E-state index is 6.02. The van der Waals surface area contributed by atoms with Crippen LogP contribution in [0.4, 0.5) is 0 Å². The predicted octanol–water partition coefficient (Wildman–Crippen LogP) is 4.44. The van der Waals surface area contributed by atoms with Gasteiger partial charge in [-0.3, -0.25) is 0 Å². The minimum atomic E-state index is -1.55. The summed E-state index contributed by atoms with van der Waals surface area (Å²) in [6.45, 7) is 10.7. The van der Waals surface area contributed by atoms with E-state index in [2.05, 4.69) is 33.5 Å². The van der Waals surface area contributed by atoms with Gasteiger partial charge in [0.25, 0.3) is 5.95 Å². The lowest BCUT2D eigenvalue weighted by Crippen LogP contribution is -2.28. The Morgan fingerprint density at radius 3 is 2.00 bits per heavy atom. The SMILES string of the molecule is CC(C)=C(OC1CCCCC1)O[Si](C)(C)C. The summed E-state index contributed by atoms with van der Waals surface area (Å²) in [4.78, 5) is 0. The van der Waals surface area contributed by atoms with Crippen molar-refractivity contribution >= 4 is 8.32 Å². The molecule has 2 nitrogen and oxygen atoms in total. The standard InChI is InChI=1S/C13H26O2Si/c1-11(2)13(15-16(3,4)5)14-12-9-7-6-8-10-12/h12H,6-10H2,1-5H3. The molecular formula is C13H26O2Si. The van der Waals surface area contributed by atoms with Crippen molar-refractivity contribution in [3.8, 4) is 0 Å². The number of hydrogen-bond donors (Lipinski definition) is 0. The summed E-state index contributed by atoms with van der Waals surface area (Å²) in [7, 11) is -1.55. The molecule has 0 N–H and O–H groups in total. The van der Waals surface area contributed by atoms with Crippen LogP contribution < -0.4 is 0 Å². The fourth-order valence-electron chi connectivity index (χ4n) is 1.86. The summed E-state index contributed by atoms with van der Waals surface area (Å²) in [6, 6.07) is 0. The van der Waals surface area contributed by atoms with Crippen molar-refractivity contribution in [3.05, 3.63) is 11.5 Å². The van der Waals surface area contributed by atoms with Crippen molar-refractivity contribution in [3.63, 3.8) is 0 Å². The summed E-state index contributed by atoms with van der Waals surface area (Å²) in [5, 5.41) is 0. The van der Waals surface area contributed by atoms with Crippen molar-refractivity contribution in [1.82, 2.24) is 0 Å². The van der Waals surface area contributed by atoms with Crippen LogP contribution in [0.2, 0.25) is 19.6 Å². The van der Waals surface area contributed by atoms with Gasteiger partial charge in [-0.15, -0.1) is 0 Å². The molecule has 0 unspecified atom stereocenters. The molecular weight excluding hydrogens is 216 g/mol. The molecule has 94 valence electrons. The van der Waals surface area contributed by atoms with Gasteiger partial charge in [-0.2, -0.15) is 0 Å². The first-order valence-corrected chi connectivity index (χ1v) is 9.82. The van der Waals surface area contributed by atoms with Crippen LogP contribution in [0.25, 0.3) is 0 Å². The van der Waals surface area contributed by atoms with E-state index in [1.54, 1.807) is 0 Å². The predicted molar refractivity (Wildman–Crippen MR) is 70.8 cm³/mol. The number of hydrogen-bond acceptors (Lipinski definition) is 2. The number of rotatable bonds is 4. The fraction of sp³-hybridized carbons (Fsp3) is 0.846. The number of allylic oxidation sites excluding steroid dienone is 1. The first kappa shape index (κ1) is 13.6. The van der Waals surface area contributed by atoms with Crippen molar-refractivity contribution in [1.29, 1.82) is 0 Å². The van der Waals surface area contributed by atoms with Crippen molar-refractivity contribution in [2.75, 3.05) is 0 Å². The molecule has 3 heteroatoms. The molecule has 0 atom stereocenters. The maximum Gasteiger partial charge on any atom is 0.264 e. The lowest BCUT2D eigenvalue weighted by Gasteiger charge is -2.28. The zero-order valence-corrected chi connectivity index (χ0v) is 12.4. The number of ether oxygens (including phenoxy) is 1. The largest absolute Gasteiger partial charge is 0.520 e. The highest BCUT2D eigenvalue weighted by molar-refractivity contribution is 6.70. The molecule has 0 bridgehead atoms. The van der Waals surface area contributed by atoms with Crippen LogP contribution in [0.15, 0.2) is 11.5 Å². The van der Waals surface area contributed by atoms with Gasteiger partial charge >= 0.3 is 0 Å². The quantitative estimate of drug-likeness (QED) is 0.536. The highest BCUT2D eigenvalue weighted by atomic mass is 28.4. The molecule has 1 fully saturated rings. The zero-order chi connectivity index (χ0) is 12.2. The van der Waals surface area contributed by atoms with Gasteiger partial charge in [0, 0.05) is 5.57 Å². The van der Waals surface area contributed by atoms with Gasteiger partial charge in [-0.1, -0.05) is 6.42 Å². The van der Waals surface area contributed by atoms with Gasteiger partial charge in [-0.25, -0.2) is 0 Å². The van der Waals surface area contributed by atoms with Gasteiger partial charge in [0.15, 0.2) is 0 Å². The van der Waals surface area contributed by atoms with Gasteiger partial charge in [-0.05, 0) is 59.2 Å². The van der Waals surface area contributed by atoms with E-state index in [1.165, 1.54) is 32.1 Å². The molecule has 0 aromatic heterocycles. The minimum Gasteiger partial charge on any atom is -0.520 e. The van der Waals surface area contributed by atoms with E-state index in [9.17, 15) is 0 Å². The Labute approximate surface area is 101 Å². The van der Waals surface area contributed by atoms with Crippen molar-refractivity contribution < 1.29 is 9.16 Å². The first-order valence-electron chi connectivity index (χ1n) is 6.41. The van der Waals surface area contributed by atoms with Crippen LogP contribution in [-0.2, 0) is 9.16 Å². The average molecular weight is 242 g/mol. The smallest absolute Gasteiger partial charge is 0.264 e. The monoisotopic (exact) mass is 242 g/mol. The second-order valence-electron chi connectivity index (χ2n) is 5.88. The van der Waals surface area contributed by atoms with E-state index in [0.717, 1.165) is 11.5 Å². The topological polar surface area (TPSA) is 18.5 Å². The Kier molecular flexibility index (Phi) is 4.90. The van der Waals surface area contributed by atoms with E-state index >= 15 is 0 Å². The van der Waals surface area contributed by atoms with E-state index < -0.39 is 8.32 Å². The highest BCUT2D eigenvalue weighted by Gasteiger charge is 2.22. The van der Waals surface area contributed by atoms with Crippen LogP contribution >= 0.6 is 0 Å². The van der Waals surface area contributed by atoms with Crippen molar-refractivity contribution in [2.45, 2.75) is 71.7 Å². The highest BCUT2D eigenvalue weighted by Crippen LogP contribution is 2.25. The van der Waals surface area contributed by atoms with E-state index in [-0.39, 0.29) is 0 Å². The maximum absolute atomic E-state index is 6.02. The van der Waals surface area contributed by atoms with Gasteiger partial charge in [0.1, 0.15) is 6.10 Å². The third-order valence-electron chi connectivity index (χ3n) is 2.63. The summed E-state index contributed by atoms with van der Waals surface area (Å²) in [5.41, 5.74) is 1.16. The third kappa shape index (κ3) is 5.06. The Morgan fingerprint density at radius 2 is 1.56 bits per heavy atom. The minimum absolute atomic E-state index is 0.384. The van der Waals surface area contributed by atoms with Gasteiger partial charge < -0.3 is 9.16 Å². The lowest BCUT2D eigenvalue weighted by atomic mass is 9.98. The molecule has 0 amide bonds. The van der Waals surface area contributed by atoms with Crippen LogP contribution in [0, 0.1) is 0 Å². The molecule has 1 rings (SSSR count). The summed E-state index contributed by atoms with van der Waals surface area (Å²) >= 11 is 0. The Balaban J connectivity index is 2.55. The van der Waals surface area contributed by atoms with E-state index in [4.69, 9.17) is 9.16 Å². The van der Waals surface area contributed by atoms with Crippen LogP contribution in [-0.4, -0.2) is 14.4 Å². The van der Waals surface area contributed by atoms with Crippen molar-refractivity contribution in [2.24, 2.45) is 0 Å². The summed E-state index contributed by atoms with van der Waals surface area (Å²) in [5.74, 6) is 0.797. The van der Waals surface area contributed by atoms with Gasteiger partial charge in [0.05, 0.1) is 0 Å². The summed E-state index contributed by atoms with van der Waals surface area (Å²) < 4.78 is 12.0. The zero-order valence-electron chi connectivity index (χ0n) is 11.4. The normalized spacial score (nSPS) is 18.1. The molecule has 0 aromatic carbocycles. The van der Waals surface area contributed by atoms with Crippen LogP contribution in [0.1, 0.15) is 46.0 Å². The Hall–Kier alpha value is -0.443. The second kappa shape index (κ2) is 5.76. The second-order valence-corrected chi connectivity index (χ2v) is 10.3. The fourth-order valence-corrected chi connectivity index (χ4v) is 2.66. The average Bonchev–Trinajstić information content (AvgIpc) is 2.16. The molecule has 0 saturated heterocycles. The molecule has 0 spiro atoms. The van der Waals surface area contributed by atoms with E-state index in [1.807, 2.05) is 0 Å². The molecule has 1 saturated carbocycles. The van der Waals surface area contributed by atoms with Crippen LogP contribution in [0.3, 0.4) is 0 Å². The van der Waals surface area contributed by atoms with Crippen LogP contribution in [0.5, 0.6) is 0 Å². The molecule has 0 heterocycles. The molecule has 0 radical (unpaired) electrons. The molecule has 16 heavy (non-hydrogen) atoms. The third-order valence-corrected chi connectivity index (χ3v) is 3.43. The molecule has 0 aromatic rings. The first-order chi connectivity index (χ1) is 7.38. The molecule has 1 aliphatic rings. The lowest BCUT2D eigenvalue weighted by molar-refractivity contribution is 0.0165. The molecule has 1 aliphatic carbocycles. The summed E-state index contributed by atoms with van der Waals surface area (Å²) in [6.07, 6.45) is 6.72.